The molecule has 0 radical (unpaired) electrons. The largest absolute Gasteiger partial charge is 0.399 e. The minimum atomic E-state index is -1.66. The van der Waals surface area contributed by atoms with E-state index in [9.17, 15) is 0 Å². The molecule has 2 aromatic heterocycles. The van der Waals surface area contributed by atoms with Gasteiger partial charge in [-0.05, 0) is 131 Å². The van der Waals surface area contributed by atoms with Gasteiger partial charge in [0.1, 0.15) is 22.3 Å². The van der Waals surface area contributed by atoms with E-state index in [0.29, 0.717) is 19.6 Å². The van der Waals surface area contributed by atoms with Crippen molar-refractivity contribution >= 4 is 60.4 Å². The average molecular weight is 617 g/mol. The van der Waals surface area contributed by atoms with Crippen molar-refractivity contribution in [2.45, 2.75) is 61.8 Å². The fourth-order valence-electron chi connectivity index (χ4n) is 5.88. The highest BCUT2D eigenvalue weighted by Crippen LogP contribution is 2.39. The second kappa shape index (κ2) is 11.9. The molecular formula is C35H38O6P2. The summed E-state index contributed by atoms with van der Waals surface area (Å²) in [6.07, 6.45) is 0.621. The van der Waals surface area contributed by atoms with Crippen molar-refractivity contribution in [2.24, 2.45) is 0 Å². The van der Waals surface area contributed by atoms with E-state index in [1.54, 1.807) is 0 Å². The Hall–Kier alpha value is -3.40. The minimum absolute atomic E-state index is 0.402. The third-order valence-corrected chi connectivity index (χ3v) is 9.71. The molecule has 0 amide bonds. The maximum Gasteiger partial charge on any atom is 0.387 e. The van der Waals surface area contributed by atoms with Crippen LogP contribution >= 0.6 is 16.5 Å². The SMILES string of the molecule is Cc1cc(C)c2op(OCCCOp3oc4c(C)cc(C)cc4c4cc(C)cc(C)c4o3)oc3c(C)cc(C)cc3c2c1. The van der Waals surface area contributed by atoms with E-state index in [0.717, 1.165) is 66.1 Å². The van der Waals surface area contributed by atoms with Gasteiger partial charge in [0.25, 0.3) is 0 Å². The maximum atomic E-state index is 6.39. The Labute approximate surface area is 253 Å². The van der Waals surface area contributed by atoms with Crippen LogP contribution in [0.15, 0.2) is 65.3 Å². The van der Waals surface area contributed by atoms with Crippen molar-refractivity contribution in [3.05, 3.63) is 93.0 Å². The molecule has 0 aliphatic heterocycles. The molecule has 43 heavy (non-hydrogen) atoms. The van der Waals surface area contributed by atoms with E-state index < -0.39 is 16.5 Å². The Kier molecular flexibility index (Phi) is 8.24. The Balaban J connectivity index is 1.28. The molecule has 0 saturated carbocycles. The van der Waals surface area contributed by atoms with Crippen LogP contribution in [0.5, 0.6) is 0 Å². The lowest BCUT2D eigenvalue weighted by Crippen LogP contribution is -2.02. The highest BCUT2D eigenvalue weighted by molar-refractivity contribution is 7.32. The van der Waals surface area contributed by atoms with Crippen LogP contribution in [0.1, 0.15) is 50.9 Å². The van der Waals surface area contributed by atoms with Crippen LogP contribution in [0.25, 0.3) is 43.9 Å². The molecule has 0 aliphatic carbocycles. The highest BCUT2D eigenvalue weighted by atomic mass is 31.1. The molecule has 6 rings (SSSR count). The molecule has 0 saturated heterocycles. The monoisotopic (exact) mass is 616 g/mol. The summed E-state index contributed by atoms with van der Waals surface area (Å²) in [6.45, 7) is 17.5. The second-order valence-electron chi connectivity index (χ2n) is 11.7. The smallest absolute Gasteiger partial charge is 0.387 e. The van der Waals surface area contributed by atoms with Gasteiger partial charge >= 0.3 is 16.5 Å². The molecule has 0 N–H and O–H groups in total. The van der Waals surface area contributed by atoms with E-state index in [-0.39, 0.29) is 0 Å². The first-order valence-corrected chi connectivity index (χ1v) is 16.8. The quantitative estimate of drug-likeness (QED) is 0.173. The van der Waals surface area contributed by atoms with E-state index in [1.165, 1.54) is 22.3 Å². The van der Waals surface area contributed by atoms with Crippen molar-refractivity contribution in [3.8, 4) is 0 Å². The van der Waals surface area contributed by atoms with Crippen molar-refractivity contribution < 1.29 is 25.8 Å². The van der Waals surface area contributed by atoms with Crippen LogP contribution in [0.2, 0.25) is 0 Å². The molecule has 0 atom stereocenters. The maximum absolute atomic E-state index is 6.39. The Bertz CT molecular complexity index is 1810. The molecule has 6 nitrogen and oxygen atoms in total. The summed E-state index contributed by atoms with van der Waals surface area (Å²) >= 11 is 0. The number of aryl methyl sites for hydroxylation is 8. The average Bonchev–Trinajstić information content (AvgIpc) is 3.18. The predicted molar refractivity (Wildman–Crippen MR) is 178 cm³/mol. The first-order chi connectivity index (χ1) is 20.6. The predicted octanol–water partition coefficient (Wildman–Crippen LogP) is 11.3. The third kappa shape index (κ3) is 6.03. The molecule has 4 aromatic carbocycles. The molecular weight excluding hydrogens is 578 g/mol. The molecule has 224 valence electrons. The molecule has 2 heterocycles. The number of fused-ring (bicyclic) bond motifs is 6. The normalized spacial score (nSPS) is 11.7. The van der Waals surface area contributed by atoms with Crippen LogP contribution in [0.3, 0.4) is 0 Å². The zero-order valence-electron chi connectivity index (χ0n) is 26.1. The zero-order valence-corrected chi connectivity index (χ0v) is 27.9. The summed E-state index contributed by atoms with van der Waals surface area (Å²) in [6, 6.07) is 17.2. The van der Waals surface area contributed by atoms with E-state index >= 15 is 0 Å². The van der Waals surface area contributed by atoms with Gasteiger partial charge in [-0.25, -0.2) is 0 Å². The van der Waals surface area contributed by atoms with Crippen LogP contribution in [0, 0.1) is 55.4 Å². The van der Waals surface area contributed by atoms with Gasteiger partial charge in [-0.1, -0.05) is 24.3 Å². The molecule has 8 heteroatoms. The van der Waals surface area contributed by atoms with Gasteiger partial charge in [0, 0.05) is 21.5 Å². The summed E-state index contributed by atoms with van der Waals surface area (Å²) in [5, 5.41) is 4.16. The molecule has 0 unspecified atom stereocenters. The van der Waals surface area contributed by atoms with E-state index in [1.807, 2.05) is 0 Å². The molecule has 0 spiro atoms. The fourth-order valence-corrected chi connectivity index (χ4v) is 8.29. The van der Waals surface area contributed by atoms with E-state index in [2.05, 4.69) is 104 Å². The van der Waals surface area contributed by atoms with Gasteiger partial charge in [-0.2, -0.15) is 0 Å². The van der Waals surface area contributed by atoms with Crippen LogP contribution < -0.4 is 9.05 Å². The number of benzene rings is 4. The van der Waals surface area contributed by atoms with Crippen molar-refractivity contribution in [3.63, 3.8) is 0 Å². The number of hydrogen-bond donors (Lipinski definition) is 0. The van der Waals surface area contributed by atoms with Crippen LogP contribution in [0.4, 0.5) is 0 Å². The molecule has 6 aromatic rings. The summed E-state index contributed by atoms with van der Waals surface area (Å²) in [7, 11) is -3.31. The summed E-state index contributed by atoms with van der Waals surface area (Å²) in [4.78, 5) is 0. The first kappa shape index (κ1) is 29.7. The van der Waals surface area contributed by atoms with Crippen molar-refractivity contribution in [2.75, 3.05) is 13.2 Å². The second-order valence-corrected chi connectivity index (χ2v) is 13.8. The van der Waals surface area contributed by atoms with Gasteiger partial charge in [-0.15, -0.1) is 0 Å². The van der Waals surface area contributed by atoms with Crippen LogP contribution in [-0.2, 0) is 0 Å². The first-order valence-electron chi connectivity index (χ1n) is 14.6. The topological polar surface area (TPSA) is 71.0 Å². The van der Waals surface area contributed by atoms with Crippen LogP contribution in [-0.4, -0.2) is 13.2 Å². The lowest BCUT2D eigenvalue weighted by atomic mass is 10.0. The standard InChI is InChI=1S/C35H38O6P2/c1-20-12-24(5)32-28(16-20)29-17-21(2)13-25(6)33(29)39-42(38-32)36-10-9-11-37-43-40-34-26(7)14-22(3)18-30(34)31-19-23(4)15-27(8)35(31)41-43/h12-19H,9-11H2,1-8H3. The van der Waals surface area contributed by atoms with Crippen molar-refractivity contribution in [1.82, 2.24) is 0 Å². The lowest BCUT2D eigenvalue weighted by Gasteiger charge is -2.03. The molecule has 0 fully saturated rings. The van der Waals surface area contributed by atoms with Gasteiger partial charge in [0.2, 0.25) is 0 Å². The molecule has 0 aliphatic rings. The Morgan fingerprint density at radius 1 is 0.419 bits per heavy atom. The summed E-state index contributed by atoms with van der Waals surface area (Å²) in [5.74, 6) is 0. The summed E-state index contributed by atoms with van der Waals surface area (Å²) < 4.78 is 38.0. The highest BCUT2D eigenvalue weighted by Gasteiger charge is 2.14. The Morgan fingerprint density at radius 3 is 0.930 bits per heavy atom. The van der Waals surface area contributed by atoms with Gasteiger partial charge in [0.15, 0.2) is 0 Å². The number of hydrogen-bond acceptors (Lipinski definition) is 6. The van der Waals surface area contributed by atoms with Crippen molar-refractivity contribution in [1.29, 1.82) is 0 Å². The van der Waals surface area contributed by atoms with Gasteiger partial charge < -0.3 is 16.8 Å². The van der Waals surface area contributed by atoms with Gasteiger partial charge in [0.05, 0.1) is 13.2 Å². The third-order valence-electron chi connectivity index (χ3n) is 7.60. The Morgan fingerprint density at radius 2 is 0.674 bits per heavy atom. The summed E-state index contributed by atoms with van der Waals surface area (Å²) in [5.41, 5.74) is 12.2. The van der Waals surface area contributed by atoms with E-state index in [4.69, 9.17) is 25.8 Å². The zero-order chi connectivity index (χ0) is 30.4. The fraction of sp³-hybridized carbons (Fsp3) is 0.314. The number of rotatable bonds is 6. The van der Waals surface area contributed by atoms with Gasteiger partial charge in [-0.3, -0.25) is 9.05 Å². The lowest BCUT2D eigenvalue weighted by molar-refractivity contribution is 0.305. The minimum Gasteiger partial charge on any atom is -0.399 e. The molecule has 0 bridgehead atoms.